The summed E-state index contributed by atoms with van der Waals surface area (Å²) in [6.45, 7) is 4.12. The van der Waals surface area contributed by atoms with E-state index in [9.17, 15) is 9.18 Å². The van der Waals surface area contributed by atoms with E-state index >= 15 is 0 Å². The largest absolute Gasteiger partial charge is 0.361 e. The second-order valence-corrected chi connectivity index (χ2v) is 6.13. The quantitative estimate of drug-likeness (QED) is 0.727. The van der Waals surface area contributed by atoms with Gasteiger partial charge in [0.15, 0.2) is 0 Å². The first-order valence-corrected chi connectivity index (χ1v) is 7.97. The third-order valence-electron chi connectivity index (χ3n) is 4.40. The van der Waals surface area contributed by atoms with Crippen LogP contribution >= 0.6 is 0 Å². The molecule has 130 valence electrons. The number of carbonyl (C=O) groups is 1. The molecule has 2 heterocycles. The van der Waals surface area contributed by atoms with Gasteiger partial charge in [0.1, 0.15) is 17.3 Å². The second-order valence-electron chi connectivity index (χ2n) is 6.13. The molecule has 0 saturated heterocycles. The summed E-state index contributed by atoms with van der Waals surface area (Å²) < 4.78 is 20.1. The lowest BCUT2D eigenvalue weighted by atomic mass is 10.1. The number of nitrogens with zero attached hydrogens (tertiary/aromatic N) is 3. The number of rotatable bonds is 4. The van der Waals surface area contributed by atoms with Gasteiger partial charge >= 0.3 is 0 Å². The Morgan fingerprint density at radius 1 is 1.20 bits per heavy atom. The van der Waals surface area contributed by atoms with Gasteiger partial charge in [-0.1, -0.05) is 5.16 Å². The van der Waals surface area contributed by atoms with Crippen LogP contribution in [0.2, 0.25) is 0 Å². The Bertz CT molecular complexity index is 890. The summed E-state index contributed by atoms with van der Waals surface area (Å²) >= 11 is 0. The van der Waals surface area contributed by atoms with Gasteiger partial charge in [0, 0.05) is 25.4 Å². The van der Waals surface area contributed by atoms with E-state index in [2.05, 4.69) is 5.16 Å². The van der Waals surface area contributed by atoms with Gasteiger partial charge in [-0.05, 0) is 55.8 Å². The number of benzene rings is 1. The van der Waals surface area contributed by atoms with E-state index in [-0.39, 0.29) is 11.7 Å². The number of halogens is 1. The first-order valence-electron chi connectivity index (χ1n) is 7.97. The molecule has 0 saturated carbocycles. The molecule has 3 aromatic rings. The Labute approximate surface area is 145 Å². The van der Waals surface area contributed by atoms with Gasteiger partial charge in [-0.2, -0.15) is 0 Å². The molecule has 1 amide bonds. The highest BCUT2D eigenvalue weighted by molar-refractivity contribution is 5.93. The monoisotopic (exact) mass is 341 g/mol. The molecule has 0 radical (unpaired) electrons. The molecule has 0 bridgehead atoms. The smallest absolute Gasteiger partial charge is 0.270 e. The Hall–Kier alpha value is -2.89. The highest BCUT2D eigenvalue weighted by Gasteiger charge is 2.20. The maximum absolute atomic E-state index is 13.1. The molecule has 3 rings (SSSR count). The summed E-state index contributed by atoms with van der Waals surface area (Å²) in [5, 5.41) is 3.92. The first-order chi connectivity index (χ1) is 11.9. The minimum Gasteiger partial charge on any atom is -0.361 e. The Morgan fingerprint density at radius 3 is 2.48 bits per heavy atom. The molecule has 0 unspecified atom stereocenters. The van der Waals surface area contributed by atoms with Crippen molar-refractivity contribution >= 4 is 5.91 Å². The standard InChI is InChI=1S/C19H20FN3O2/c1-12-16(13(2)25-21-12)11-22(3)19(24)18-10-9-17(23(18)4)14-5-7-15(20)8-6-14/h5-10H,11H2,1-4H3. The first kappa shape index (κ1) is 17.0. The molecule has 0 aliphatic rings. The highest BCUT2D eigenvalue weighted by Crippen LogP contribution is 2.23. The van der Waals surface area contributed by atoms with E-state index in [0.717, 1.165) is 28.3 Å². The van der Waals surface area contributed by atoms with E-state index in [4.69, 9.17) is 4.52 Å². The summed E-state index contributed by atoms with van der Waals surface area (Å²) in [6.07, 6.45) is 0. The normalized spacial score (nSPS) is 10.9. The molecule has 25 heavy (non-hydrogen) atoms. The average Bonchev–Trinajstić information content (AvgIpc) is 3.12. The van der Waals surface area contributed by atoms with Crippen molar-refractivity contribution in [2.24, 2.45) is 7.05 Å². The molecule has 5 nitrogen and oxygen atoms in total. The van der Waals surface area contributed by atoms with Crippen LogP contribution in [-0.4, -0.2) is 27.6 Å². The van der Waals surface area contributed by atoms with Crippen LogP contribution in [0.5, 0.6) is 0 Å². The predicted octanol–water partition coefficient (Wildman–Crippen LogP) is 3.71. The number of hydrogen-bond donors (Lipinski definition) is 0. The van der Waals surface area contributed by atoms with Crippen molar-refractivity contribution < 1.29 is 13.7 Å². The van der Waals surface area contributed by atoms with E-state index in [0.29, 0.717) is 12.2 Å². The van der Waals surface area contributed by atoms with Crippen LogP contribution in [0.15, 0.2) is 40.9 Å². The fraction of sp³-hybridized carbons (Fsp3) is 0.263. The van der Waals surface area contributed by atoms with Gasteiger partial charge in [-0.15, -0.1) is 0 Å². The molecule has 6 heteroatoms. The van der Waals surface area contributed by atoms with Gasteiger partial charge < -0.3 is 14.0 Å². The van der Waals surface area contributed by atoms with Gasteiger partial charge in [-0.25, -0.2) is 4.39 Å². The van der Waals surface area contributed by atoms with E-state index < -0.39 is 0 Å². The highest BCUT2D eigenvalue weighted by atomic mass is 19.1. The predicted molar refractivity (Wildman–Crippen MR) is 92.6 cm³/mol. The van der Waals surface area contributed by atoms with Gasteiger partial charge in [0.2, 0.25) is 0 Å². The number of carbonyl (C=O) groups excluding carboxylic acids is 1. The van der Waals surface area contributed by atoms with E-state index in [1.165, 1.54) is 12.1 Å². The van der Waals surface area contributed by atoms with E-state index in [1.54, 1.807) is 30.1 Å². The third-order valence-corrected chi connectivity index (χ3v) is 4.40. The molecule has 2 aromatic heterocycles. The molecule has 0 aliphatic carbocycles. The van der Waals surface area contributed by atoms with Crippen LogP contribution in [0.3, 0.4) is 0 Å². The second kappa shape index (κ2) is 6.55. The van der Waals surface area contributed by atoms with Crippen molar-refractivity contribution in [3.05, 3.63) is 64.9 Å². The molecule has 0 aliphatic heterocycles. The van der Waals surface area contributed by atoms with Crippen molar-refractivity contribution in [3.8, 4) is 11.3 Å². The van der Waals surface area contributed by atoms with Crippen LogP contribution in [0, 0.1) is 19.7 Å². The molecule has 0 fully saturated rings. The summed E-state index contributed by atoms with van der Waals surface area (Å²) in [4.78, 5) is 14.4. The zero-order chi connectivity index (χ0) is 18.1. The third kappa shape index (κ3) is 3.20. The van der Waals surface area contributed by atoms with Gasteiger partial charge in [-0.3, -0.25) is 4.79 Å². The summed E-state index contributed by atoms with van der Waals surface area (Å²) in [5.74, 6) is 0.334. The van der Waals surface area contributed by atoms with Crippen LogP contribution in [-0.2, 0) is 13.6 Å². The van der Waals surface area contributed by atoms with Crippen molar-refractivity contribution in [1.29, 1.82) is 0 Å². The number of hydrogen-bond acceptors (Lipinski definition) is 3. The topological polar surface area (TPSA) is 51.3 Å². The Morgan fingerprint density at radius 2 is 1.88 bits per heavy atom. The minimum atomic E-state index is -0.284. The van der Waals surface area contributed by atoms with Crippen molar-refractivity contribution in [3.63, 3.8) is 0 Å². The maximum atomic E-state index is 13.1. The molecule has 0 atom stereocenters. The molecular formula is C19H20FN3O2. The maximum Gasteiger partial charge on any atom is 0.270 e. The minimum absolute atomic E-state index is 0.101. The fourth-order valence-electron chi connectivity index (χ4n) is 2.87. The van der Waals surface area contributed by atoms with Crippen LogP contribution in [0.25, 0.3) is 11.3 Å². The van der Waals surface area contributed by atoms with Crippen LogP contribution in [0.1, 0.15) is 27.5 Å². The Balaban J connectivity index is 1.84. The zero-order valence-corrected chi connectivity index (χ0v) is 14.7. The van der Waals surface area contributed by atoms with Gasteiger partial charge in [0.25, 0.3) is 5.91 Å². The lowest BCUT2D eigenvalue weighted by molar-refractivity contribution is 0.0775. The SMILES string of the molecule is Cc1noc(C)c1CN(C)C(=O)c1ccc(-c2ccc(F)cc2)n1C. The molecule has 1 aromatic carbocycles. The lowest BCUT2D eigenvalue weighted by Gasteiger charge is -2.18. The van der Waals surface area contributed by atoms with Crippen molar-refractivity contribution in [2.75, 3.05) is 7.05 Å². The lowest BCUT2D eigenvalue weighted by Crippen LogP contribution is -2.28. The van der Waals surface area contributed by atoms with Crippen molar-refractivity contribution in [2.45, 2.75) is 20.4 Å². The zero-order valence-electron chi connectivity index (χ0n) is 14.7. The molecule has 0 spiro atoms. The number of amides is 1. The van der Waals surface area contributed by atoms with E-state index in [1.807, 2.05) is 31.5 Å². The summed E-state index contributed by atoms with van der Waals surface area (Å²) in [6, 6.07) is 9.87. The summed E-state index contributed by atoms with van der Waals surface area (Å²) in [5.41, 5.74) is 3.99. The number of aromatic nitrogens is 2. The molecular weight excluding hydrogens is 321 g/mol. The van der Waals surface area contributed by atoms with Crippen LogP contribution in [0.4, 0.5) is 4.39 Å². The van der Waals surface area contributed by atoms with Crippen LogP contribution < -0.4 is 0 Å². The summed E-state index contributed by atoms with van der Waals surface area (Å²) in [7, 11) is 3.58. The van der Waals surface area contributed by atoms with Crippen molar-refractivity contribution in [1.82, 2.24) is 14.6 Å². The number of aryl methyl sites for hydroxylation is 2. The van der Waals surface area contributed by atoms with Gasteiger partial charge in [0.05, 0.1) is 12.2 Å². The Kier molecular flexibility index (Phi) is 4.44. The average molecular weight is 341 g/mol. The fourth-order valence-corrected chi connectivity index (χ4v) is 2.87. The molecule has 0 N–H and O–H groups in total.